The zero-order valence-electron chi connectivity index (χ0n) is 10.7. The summed E-state index contributed by atoms with van der Waals surface area (Å²) in [6.45, 7) is 6.50. The molecule has 0 radical (unpaired) electrons. The Morgan fingerprint density at radius 1 is 1.29 bits per heavy atom. The van der Waals surface area contributed by atoms with E-state index in [0.29, 0.717) is 0 Å². The minimum Gasteiger partial charge on any atom is -0.491 e. The fourth-order valence-corrected chi connectivity index (χ4v) is 3.24. The summed E-state index contributed by atoms with van der Waals surface area (Å²) in [5.41, 5.74) is 3.07. The van der Waals surface area contributed by atoms with Crippen molar-refractivity contribution in [1.82, 2.24) is 5.32 Å². The van der Waals surface area contributed by atoms with Crippen molar-refractivity contribution in [3.8, 4) is 5.75 Å². The van der Waals surface area contributed by atoms with Gasteiger partial charge in [-0.05, 0) is 68.3 Å². The molecule has 0 aromatic heterocycles. The molecule has 1 aromatic carbocycles. The Hall–Kier alpha value is -1.02. The van der Waals surface area contributed by atoms with Crippen LogP contribution in [0.25, 0.3) is 0 Å². The van der Waals surface area contributed by atoms with E-state index in [1.165, 1.54) is 24.9 Å². The number of piperidine rings is 1. The predicted molar refractivity (Wildman–Crippen MR) is 69.6 cm³/mol. The van der Waals surface area contributed by atoms with Crippen LogP contribution >= 0.6 is 0 Å². The lowest BCUT2D eigenvalue weighted by Crippen LogP contribution is -2.39. The quantitative estimate of drug-likeness (QED) is 0.845. The average Bonchev–Trinajstić information content (AvgIpc) is 2.28. The molecule has 2 unspecified atom stereocenters. The van der Waals surface area contributed by atoms with Crippen LogP contribution in [0.1, 0.15) is 37.3 Å². The van der Waals surface area contributed by atoms with Gasteiger partial charge in [-0.15, -0.1) is 0 Å². The monoisotopic (exact) mass is 231 g/mol. The van der Waals surface area contributed by atoms with Crippen molar-refractivity contribution in [2.24, 2.45) is 5.92 Å². The minimum atomic E-state index is 0.262. The number of fused-ring (bicyclic) bond motifs is 4. The van der Waals surface area contributed by atoms with Crippen LogP contribution in [0.15, 0.2) is 18.2 Å². The van der Waals surface area contributed by atoms with Crippen molar-refractivity contribution in [1.29, 1.82) is 0 Å². The van der Waals surface area contributed by atoms with Gasteiger partial charge in [-0.1, -0.05) is 6.07 Å². The molecule has 2 atom stereocenters. The normalized spacial score (nSPS) is 26.8. The molecule has 2 nitrogen and oxygen atoms in total. The third-order valence-electron chi connectivity index (χ3n) is 3.88. The minimum absolute atomic E-state index is 0.262. The van der Waals surface area contributed by atoms with Crippen LogP contribution in [-0.4, -0.2) is 19.2 Å². The lowest BCUT2D eigenvalue weighted by atomic mass is 9.74. The first-order chi connectivity index (χ1) is 8.22. The van der Waals surface area contributed by atoms with Crippen LogP contribution in [-0.2, 0) is 6.42 Å². The van der Waals surface area contributed by atoms with Crippen LogP contribution in [0.2, 0.25) is 0 Å². The number of benzene rings is 1. The van der Waals surface area contributed by atoms with Gasteiger partial charge < -0.3 is 10.1 Å². The molecule has 1 saturated heterocycles. The van der Waals surface area contributed by atoms with E-state index in [-0.39, 0.29) is 6.10 Å². The van der Waals surface area contributed by atoms with Gasteiger partial charge in [-0.2, -0.15) is 0 Å². The van der Waals surface area contributed by atoms with Gasteiger partial charge in [-0.3, -0.25) is 0 Å². The van der Waals surface area contributed by atoms with Gasteiger partial charge >= 0.3 is 0 Å². The third kappa shape index (κ3) is 2.19. The molecule has 1 aliphatic carbocycles. The molecule has 1 aliphatic heterocycles. The lowest BCUT2D eigenvalue weighted by molar-refractivity contribution is 0.241. The summed E-state index contributed by atoms with van der Waals surface area (Å²) in [4.78, 5) is 0. The Morgan fingerprint density at radius 3 is 3.00 bits per heavy atom. The molecule has 17 heavy (non-hydrogen) atoms. The van der Waals surface area contributed by atoms with Gasteiger partial charge in [0.1, 0.15) is 5.75 Å². The van der Waals surface area contributed by atoms with Gasteiger partial charge in [0.15, 0.2) is 0 Å². The molecular formula is C15H21NO. The molecule has 0 amide bonds. The zero-order valence-corrected chi connectivity index (χ0v) is 10.7. The SMILES string of the molecule is CC(C)Oc1ccc2c(c1)CC1CNCC2C1. The summed E-state index contributed by atoms with van der Waals surface area (Å²) in [6, 6.07) is 6.68. The van der Waals surface area contributed by atoms with Crippen LogP contribution in [0.5, 0.6) is 5.75 Å². The topological polar surface area (TPSA) is 21.3 Å². The molecule has 1 fully saturated rings. The largest absolute Gasteiger partial charge is 0.491 e. The maximum Gasteiger partial charge on any atom is 0.119 e. The molecular weight excluding hydrogens is 210 g/mol. The van der Waals surface area contributed by atoms with E-state index in [9.17, 15) is 0 Å². The Bertz CT molecular complexity index is 413. The molecule has 2 heteroatoms. The van der Waals surface area contributed by atoms with E-state index in [0.717, 1.165) is 24.1 Å². The van der Waals surface area contributed by atoms with Gasteiger partial charge in [0.25, 0.3) is 0 Å². The van der Waals surface area contributed by atoms with E-state index in [1.54, 1.807) is 5.56 Å². The first kappa shape index (κ1) is 11.1. The molecule has 1 heterocycles. The number of hydrogen-bond donors (Lipinski definition) is 1. The number of rotatable bonds is 2. The van der Waals surface area contributed by atoms with E-state index in [2.05, 4.69) is 37.4 Å². The van der Waals surface area contributed by atoms with E-state index < -0.39 is 0 Å². The van der Waals surface area contributed by atoms with E-state index in [1.807, 2.05) is 0 Å². The number of hydrogen-bond acceptors (Lipinski definition) is 2. The fraction of sp³-hybridized carbons (Fsp3) is 0.600. The highest BCUT2D eigenvalue weighted by atomic mass is 16.5. The average molecular weight is 231 g/mol. The van der Waals surface area contributed by atoms with Crippen molar-refractivity contribution in [3.63, 3.8) is 0 Å². The maximum atomic E-state index is 5.79. The van der Waals surface area contributed by atoms with Gasteiger partial charge in [0.2, 0.25) is 0 Å². The van der Waals surface area contributed by atoms with Gasteiger partial charge in [-0.25, -0.2) is 0 Å². The van der Waals surface area contributed by atoms with Crippen molar-refractivity contribution in [3.05, 3.63) is 29.3 Å². The van der Waals surface area contributed by atoms with E-state index in [4.69, 9.17) is 4.74 Å². The molecule has 3 rings (SSSR count). The molecule has 2 bridgehead atoms. The smallest absolute Gasteiger partial charge is 0.119 e. The summed E-state index contributed by atoms with van der Waals surface area (Å²) >= 11 is 0. The molecule has 0 spiro atoms. The Labute approximate surface area is 103 Å². The Kier molecular flexibility index (Phi) is 2.83. The summed E-state index contributed by atoms with van der Waals surface area (Å²) < 4.78 is 5.79. The van der Waals surface area contributed by atoms with E-state index >= 15 is 0 Å². The molecule has 2 aliphatic rings. The van der Waals surface area contributed by atoms with Crippen molar-refractivity contribution in [2.45, 2.75) is 38.7 Å². The third-order valence-corrected chi connectivity index (χ3v) is 3.88. The highest BCUT2D eigenvalue weighted by Gasteiger charge is 2.30. The maximum absolute atomic E-state index is 5.79. The van der Waals surface area contributed by atoms with Crippen molar-refractivity contribution >= 4 is 0 Å². The standard InChI is InChI=1S/C15H21NO/c1-10(2)17-14-3-4-15-12(7-14)5-11-6-13(15)9-16-8-11/h3-4,7,10-11,13,16H,5-6,8-9H2,1-2H3. The number of nitrogens with one attached hydrogen (secondary N) is 1. The summed E-state index contributed by atoms with van der Waals surface area (Å²) in [6.07, 6.45) is 2.84. The second kappa shape index (κ2) is 4.34. The summed E-state index contributed by atoms with van der Waals surface area (Å²) in [7, 11) is 0. The summed E-state index contributed by atoms with van der Waals surface area (Å²) in [5, 5.41) is 3.54. The van der Waals surface area contributed by atoms with Crippen LogP contribution in [0, 0.1) is 5.92 Å². The van der Waals surface area contributed by atoms with Gasteiger partial charge in [0.05, 0.1) is 6.10 Å². The first-order valence-electron chi connectivity index (χ1n) is 6.72. The lowest BCUT2D eigenvalue weighted by Gasteiger charge is -2.37. The molecule has 1 aromatic rings. The number of ether oxygens (including phenoxy) is 1. The van der Waals surface area contributed by atoms with Crippen LogP contribution in [0.4, 0.5) is 0 Å². The molecule has 92 valence electrons. The van der Waals surface area contributed by atoms with Gasteiger partial charge in [0, 0.05) is 6.54 Å². The van der Waals surface area contributed by atoms with Crippen LogP contribution < -0.4 is 10.1 Å². The Morgan fingerprint density at radius 2 is 2.18 bits per heavy atom. The highest BCUT2D eigenvalue weighted by Crippen LogP contribution is 2.38. The Balaban J connectivity index is 1.90. The molecule has 1 N–H and O–H groups in total. The van der Waals surface area contributed by atoms with Crippen molar-refractivity contribution in [2.75, 3.05) is 13.1 Å². The summed E-state index contributed by atoms with van der Waals surface area (Å²) in [5.74, 6) is 2.59. The highest BCUT2D eigenvalue weighted by molar-refractivity contribution is 5.40. The predicted octanol–water partition coefficient (Wildman–Crippen LogP) is 2.72. The first-order valence-corrected chi connectivity index (χ1v) is 6.72. The fourth-order valence-electron chi connectivity index (χ4n) is 3.24. The van der Waals surface area contributed by atoms with Crippen molar-refractivity contribution < 1.29 is 4.74 Å². The zero-order chi connectivity index (χ0) is 11.8. The second-order valence-electron chi connectivity index (χ2n) is 5.69. The van der Waals surface area contributed by atoms with Crippen LogP contribution in [0.3, 0.4) is 0 Å². The second-order valence-corrected chi connectivity index (χ2v) is 5.69. The molecule has 0 saturated carbocycles.